The van der Waals surface area contributed by atoms with Crippen LogP contribution in [0.3, 0.4) is 0 Å². The van der Waals surface area contributed by atoms with Crippen molar-refractivity contribution in [2.24, 2.45) is 5.92 Å². The van der Waals surface area contributed by atoms with Gasteiger partial charge in [0.05, 0.1) is 0 Å². The molecular weight excluding hydrogens is 258 g/mol. The van der Waals surface area contributed by atoms with Gasteiger partial charge in [-0.25, -0.2) is 9.59 Å². The van der Waals surface area contributed by atoms with Crippen LogP contribution in [0.5, 0.6) is 0 Å². The van der Waals surface area contributed by atoms with E-state index in [2.05, 4.69) is 5.32 Å². The van der Waals surface area contributed by atoms with Gasteiger partial charge in [-0.15, -0.1) is 0 Å². The van der Waals surface area contributed by atoms with E-state index in [0.29, 0.717) is 19.5 Å². The number of rotatable bonds is 9. The first-order chi connectivity index (χ1) is 9.27. The number of nitrogens with one attached hydrogen (secondary N) is 1. The lowest BCUT2D eigenvalue weighted by Gasteiger charge is -2.26. The second kappa shape index (κ2) is 9.58. The van der Waals surface area contributed by atoms with Crippen LogP contribution in [0.1, 0.15) is 33.6 Å². The van der Waals surface area contributed by atoms with Crippen LogP contribution in [0.4, 0.5) is 4.79 Å². The van der Waals surface area contributed by atoms with Gasteiger partial charge >= 0.3 is 12.0 Å². The monoisotopic (exact) mass is 287 g/mol. The van der Waals surface area contributed by atoms with Gasteiger partial charge in [-0.2, -0.15) is 0 Å². The highest BCUT2D eigenvalue weighted by molar-refractivity contribution is 5.82. The fraction of sp³-hybridized carbons (Fsp3) is 0.857. The molecule has 6 nitrogen and oxygen atoms in total. The topological polar surface area (TPSA) is 72.9 Å². The molecule has 0 aliphatic carbocycles. The minimum atomic E-state index is -0.976. The lowest BCUT2D eigenvalue weighted by Crippen LogP contribution is -2.50. The van der Waals surface area contributed by atoms with E-state index in [9.17, 15) is 9.59 Å². The highest BCUT2D eigenvalue weighted by atomic mass is 16.4. The standard InChI is InChI=1S/C14H29N3O3/c1-6-7-17(9-8-16(4)5)14(20)15-12(13(18)19)10-11(2)3/h11-12H,6-10H2,1-5H3,(H,15,20)(H,18,19). The normalized spacial score (nSPS) is 12.6. The first-order valence-electron chi connectivity index (χ1n) is 7.20. The number of likely N-dealkylation sites (N-methyl/N-ethyl adjacent to an activating group) is 1. The van der Waals surface area contributed by atoms with Crippen LogP contribution < -0.4 is 5.32 Å². The maximum Gasteiger partial charge on any atom is 0.326 e. The van der Waals surface area contributed by atoms with E-state index in [1.165, 1.54) is 0 Å². The summed E-state index contributed by atoms with van der Waals surface area (Å²) in [5.41, 5.74) is 0. The third kappa shape index (κ3) is 7.99. The van der Waals surface area contributed by atoms with Crippen molar-refractivity contribution in [2.45, 2.75) is 39.7 Å². The molecular formula is C14H29N3O3. The van der Waals surface area contributed by atoms with Crippen LogP contribution in [-0.4, -0.2) is 66.7 Å². The summed E-state index contributed by atoms with van der Waals surface area (Å²) in [6.07, 6.45) is 1.29. The predicted molar refractivity (Wildman–Crippen MR) is 79.8 cm³/mol. The van der Waals surface area contributed by atoms with Crippen molar-refractivity contribution in [1.82, 2.24) is 15.1 Å². The van der Waals surface area contributed by atoms with Crippen LogP contribution >= 0.6 is 0 Å². The number of carbonyl (C=O) groups is 2. The molecule has 6 heteroatoms. The van der Waals surface area contributed by atoms with Gasteiger partial charge in [-0.05, 0) is 32.9 Å². The summed E-state index contributed by atoms with van der Waals surface area (Å²) < 4.78 is 0. The van der Waals surface area contributed by atoms with E-state index in [0.717, 1.165) is 13.0 Å². The molecule has 0 rings (SSSR count). The van der Waals surface area contributed by atoms with Crippen molar-refractivity contribution in [2.75, 3.05) is 33.7 Å². The van der Waals surface area contributed by atoms with Crippen LogP contribution in [0.2, 0.25) is 0 Å². The summed E-state index contributed by atoms with van der Waals surface area (Å²) in [7, 11) is 3.89. The Balaban J connectivity index is 4.57. The molecule has 0 aromatic rings. The summed E-state index contributed by atoms with van der Waals surface area (Å²) in [5.74, 6) is -0.756. The Bertz CT molecular complexity index is 306. The molecule has 0 aromatic carbocycles. The van der Waals surface area contributed by atoms with Gasteiger partial charge in [0.2, 0.25) is 0 Å². The Morgan fingerprint density at radius 3 is 2.15 bits per heavy atom. The number of hydrogen-bond donors (Lipinski definition) is 2. The zero-order chi connectivity index (χ0) is 15.7. The average Bonchev–Trinajstić information content (AvgIpc) is 2.32. The van der Waals surface area contributed by atoms with Crippen molar-refractivity contribution < 1.29 is 14.7 Å². The Morgan fingerprint density at radius 2 is 1.75 bits per heavy atom. The van der Waals surface area contributed by atoms with E-state index < -0.39 is 12.0 Å². The van der Waals surface area contributed by atoms with Gasteiger partial charge in [0.1, 0.15) is 6.04 Å². The number of carboxylic acids is 1. The van der Waals surface area contributed by atoms with E-state index in [4.69, 9.17) is 5.11 Å². The van der Waals surface area contributed by atoms with Crippen LogP contribution in [0.15, 0.2) is 0 Å². The highest BCUT2D eigenvalue weighted by Crippen LogP contribution is 2.06. The van der Waals surface area contributed by atoms with Gasteiger partial charge in [0.25, 0.3) is 0 Å². The van der Waals surface area contributed by atoms with Crippen molar-refractivity contribution in [3.63, 3.8) is 0 Å². The molecule has 2 amide bonds. The van der Waals surface area contributed by atoms with E-state index >= 15 is 0 Å². The Morgan fingerprint density at radius 1 is 1.15 bits per heavy atom. The minimum Gasteiger partial charge on any atom is -0.480 e. The van der Waals surface area contributed by atoms with Crippen LogP contribution in [0, 0.1) is 5.92 Å². The molecule has 0 saturated carbocycles. The number of carboxylic acid groups (broad SMARTS) is 1. The molecule has 1 unspecified atom stereocenters. The van der Waals surface area contributed by atoms with Gasteiger partial charge in [-0.3, -0.25) is 0 Å². The molecule has 0 aliphatic heterocycles. The van der Waals surface area contributed by atoms with Gasteiger partial charge in [0.15, 0.2) is 0 Å². The molecule has 0 aliphatic rings. The zero-order valence-electron chi connectivity index (χ0n) is 13.3. The van der Waals surface area contributed by atoms with Crippen molar-refractivity contribution in [3.8, 4) is 0 Å². The molecule has 0 bridgehead atoms. The Labute approximate surface area is 122 Å². The van der Waals surface area contributed by atoms with Gasteiger partial charge in [0, 0.05) is 19.6 Å². The predicted octanol–water partition coefficient (Wildman–Crippen LogP) is 1.47. The maximum atomic E-state index is 12.2. The first kappa shape index (κ1) is 18.7. The molecule has 2 N–H and O–H groups in total. The zero-order valence-corrected chi connectivity index (χ0v) is 13.3. The average molecular weight is 287 g/mol. The van der Waals surface area contributed by atoms with Gasteiger partial charge < -0.3 is 20.2 Å². The molecule has 0 fully saturated rings. The highest BCUT2D eigenvalue weighted by Gasteiger charge is 2.23. The summed E-state index contributed by atoms with van der Waals surface area (Å²) >= 11 is 0. The fourth-order valence-electron chi connectivity index (χ4n) is 1.84. The van der Waals surface area contributed by atoms with E-state index in [1.807, 2.05) is 39.8 Å². The smallest absolute Gasteiger partial charge is 0.326 e. The number of aliphatic carboxylic acids is 1. The van der Waals surface area contributed by atoms with Crippen molar-refractivity contribution in [1.29, 1.82) is 0 Å². The molecule has 0 aromatic heterocycles. The molecule has 0 radical (unpaired) electrons. The second-order valence-electron chi connectivity index (χ2n) is 5.76. The molecule has 20 heavy (non-hydrogen) atoms. The quantitative estimate of drug-likeness (QED) is 0.673. The van der Waals surface area contributed by atoms with E-state index in [-0.39, 0.29) is 11.9 Å². The minimum absolute atomic E-state index is 0.220. The van der Waals surface area contributed by atoms with E-state index in [1.54, 1.807) is 4.90 Å². The Hall–Kier alpha value is -1.30. The van der Waals surface area contributed by atoms with Crippen LogP contribution in [-0.2, 0) is 4.79 Å². The number of carbonyl (C=O) groups excluding carboxylic acids is 1. The first-order valence-corrected chi connectivity index (χ1v) is 7.20. The molecule has 1 atom stereocenters. The third-order valence-corrected chi connectivity index (χ3v) is 2.90. The number of nitrogens with zero attached hydrogens (tertiary/aromatic N) is 2. The number of amides is 2. The number of hydrogen-bond acceptors (Lipinski definition) is 3. The van der Waals surface area contributed by atoms with Crippen molar-refractivity contribution in [3.05, 3.63) is 0 Å². The number of urea groups is 1. The third-order valence-electron chi connectivity index (χ3n) is 2.90. The molecule has 0 heterocycles. The summed E-state index contributed by atoms with van der Waals surface area (Å²) in [6, 6.07) is -1.11. The summed E-state index contributed by atoms with van der Waals surface area (Å²) in [5, 5.41) is 11.8. The second-order valence-corrected chi connectivity index (χ2v) is 5.76. The summed E-state index contributed by atoms with van der Waals surface area (Å²) in [4.78, 5) is 27.0. The SMILES string of the molecule is CCCN(CCN(C)C)C(=O)NC(CC(C)C)C(=O)O. The van der Waals surface area contributed by atoms with Crippen LogP contribution in [0.25, 0.3) is 0 Å². The lowest BCUT2D eigenvalue weighted by atomic mass is 10.0. The molecule has 0 spiro atoms. The Kier molecular flexibility index (Phi) is 8.96. The summed E-state index contributed by atoms with van der Waals surface area (Å²) in [6.45, 7) is 7.87. The van der Waals surface area contributed by atoms with Gasteiger partial charge in [-0.1, -0.05) is 20.8 Å². The van der Waals surface area contributed by atoms with Crippen molar-refractivity contribution >= 4 is 12.0 Å². The molecule has 118 valence electrons. The largest absolute Gasteiger partial charge is 0.480 e. The lowest BCUT2D eigenvalue weighted by molar-refractivity contribution is -0.139. The maximum absolute atomic E-state index is 12.2. The molecule has 0 saturated heterocycles. The fourth-order valence-corrected chi connectivity index (χ4v) is 1.84.